The summed E-state index contributed by atoms with van der Waals surface area (Å²) in [7, 11) is 0. The van der Waals surface area contributed by atoms with Gasteiger partial charge in [0.25, 0.3) is 11.1 Å². The Bertz CT molecular complexity index is 1530. The number of aromatic nitrogens is 5. The summed E-state index contributed by atoms with van der Waals surface area (Å²) >= 11 is 12.7. The molecule has 1 unspecified atom stereocenters. The molecule has 15 heteroatoms. The molecule has 3 aromatic rings. The van der Waals surface area contributed by atoms with Crippen LogP contribution < -0.4 is 27.3 Å². The molecule has 0 aliphatic carbocycles. The first-order chi connectivity index (χ1) is 16.9. The number of nitrogens with zero attached hydrogens (tertiary/aromatic N) is 5. The summed E-state index contributed by atoms with van der Waals surface area (Å²) in [5.41, 5.74) is 2.92. The fourth-order valence-electron chi connectivity index (χ4n) is 2.86. The number of rotatable bonds is 7. The molecule has 0 saturated carbocycles. The maximum Gasteiger partial charge on any atom is 0.349 e. The van der Waals surface area contributed by atoms with Gasteiger partial charge in [0.05, 0.1) is 15.7 Å². The average molecular weight is 536 g/mol. The van der Waals surface area contributed by atoms with Crippen LogP contribution in [0.25, 0.3) is 5.69 Å². The van der Waals surface area contributed by atoms with Gasteiger partial charge in [-0.15, -0.1) is 10.2 Å². The number of ether oxygens (including phenoxy) is 2. The van der Waals surface area contributed by atoms with E-state index in [0.29, 0.717) is 5.56 Å². The van der Waals surface area contributed by atoms with Gasteiger partial charge < -0.3 is 15.2 Å². The standard InChI is InChI=1S/C21H19Cl2N7O6/c1-9(2)12-6-16(28-29(19(12)32)8-35-20(33)10(3)25)36-17-13(22)4-11(5-14(17)23)30-21(34)26-18(31)15(7-24)27-30/h4-6,9-10H,8,25H2,1-3H3,(H,26,31,34). The van der Waals surface area contributed by atoms with Gasteiger partial charge in [-0.25, -0.2) is 4.79 Å². The highest BCUT2D eigenvalue weighted by Gasteiger charge is 2.19. The number of carbonyl (C=O) groups is 1. The normalized spacial score (nSPS) is 11.7. The molecule has 188 valence electrons. The van der Waals surface area contributed by atoms with Crippen molar-refractivity contribution in [1.29, 1.82) is 5.26 Å². The molecule has 3 rings (SSSR count). The quantitative estimate of drug-likeness (QED) is 0.418. The zero-order valence-electron chi connectivity index (χ0n) is 19.1. The number of carbonyl (C=O) groups excluding carboxylic acids is 1. The summed E-state index contributed by atoms with van der Waals surface area (Å²) in [4.78, 5) is 50.2. The Morgan fingerprint density at radius 2 is 1.81 bits per heavy atom. The maximum absolute atomic E-state index is 12.7. The van der Waals surface area contributed by atoms with Crippen molar-refractivity contribution in [3.05, 3.63) is 70.7 Å². The van der Waals surface area contributed by atoms with E-state index in [9.17, 15) is 19.2 Å². The van der Waals surface area contributed by atoms with Gasteiger partial charge in [0.15, 0.2) is 12.5 Å². The summed E-state index contributed by atoms with van der Waals surface area (Å²) in [6.45, 7) is 4.48. The number of nitrogens with one attached hydrogen (secondary N) is 1. The summed E-state index contributed by atoms with van der Waals surface area (Å²) in [5.74, 6) is -1.12. The fraction of sp³-hybridized carbons (Fsp3) is 0.286. The number of benzene rings is 1. The van der Waals surface area contributed by atoms with Crippen LogP contribution in [0.1, 0.15) is 37.9 Å². The topological polar surface area (TPSA) is 188 Å². The molecule has 1 aromatic carbocycles. The summed E-state index contributed by atoms with van der Waals surface area (Å²) in [6, 6.07) is 4.60. The average Bonchev–Trinajstić information content (AvgIpc) is 2.80. The molecule has 0 amide bonds. The van der Waals surface area contributed by atoms with Crippen LogP contribution in [0.2, 0.25) is 10.0 Å². The Hall–Kier alpha value is -3.99. The molecule has 1 atom stereocenters. The molecule has 36 heavy (non-hydrogen) atoms. The Labute approximate surface area is 212 Å². The predicted octanol–water partition coefficient (Wildman–Crippen LogP) is 1.42. The number of nitriles is 1. The molecule has 2 heterocycles. The van der Waals surface area contributed by atoms with Crippen LogP contribution in [0, 0.1) is 11.3 Å². The number of hydrogen-bond acceptors (Lipinski definition) is 10. The van der Waals surface area contributed by atoms with E-state index in [1.54, 1.807) is 19.9 Å². The molecule has 2 aromatic heterocycles. The van der Waals surface area contributed by atoms with Gasteiger partial charge in [-0.2, -0.15) is 14.6 Å². The van der Waals surface area contributed by atoms with E-state index < -0.39 is 41.2 Å². The minimum absolute atomic E-state index is 0.0405. The second-order valence-corrected chi connectivity index (χ2v) is 8.56. The Balaban J connectivity index is 2.02. The lowest BCUT2D eigenvalue weighted by molar-refractivity contribution is -0.149. The van der Waals surface area contributed by atoms with E-state index in [2.05, 4.69) is 10.2 Å². The van der Waals surface area contributed by atoms with Crippen molar-refractivity contribution in [2.45, 2.75) is 39.5 Å². The van der Waals surface area contributed by atoms with Gasteiger partial charge in [0.2, 0.25) is 11.6 Å². The third kappa shape index (κ3) is 5.62. The number of aromatic amines is 1. The zero-order chi connectivity index (χ0) is 26.7. The first kappa shape index (κ1) is 26.6. The highest BCUT2D eigenvalue weighted by Crippen LogP contribution is 2.37. The SMILES string of the molecule is CC(N)C(=O)OCn1nc(Oc2c(Cl)cc(-n3nc(C#N)c(=O)[nH]c3=O)cc2Cl)cc(C(C)C)c1=O. The molecule has 0 aliphatic heterocycles. The summed E-state index contributed by atoms with van der Waals surface area (Å²) in [6.07, 6.45) is 0. The maximum atomic E-state index is 12.7. The van der Waals surface area contributed by atoms with Crippen LogP contribution in [0.4, 0.5) is 0 Å². The van der Waals surface area contributed by atoms with Gasteiger partial charge in [-0.05, 0) is 25.0 Å². The largest absolute Gasteiger partial charge is 0.441 e. The first-order valence-corrected chi connectivity index (χ1v) is 11.0. The molecule has 0 aliphatic rings. The van der Waals surface area contributed by atoms with Crippen LogP contribution in [-0.2, 0) is 16.3 Å². The number of esters is 1. The highest BCUT2D eigenvalue weighted by atomic mass is 35.5. The third-order valence-electron chi connectivity index (χ3n) is 4.67. The van der Waals surface area contributed by atoms with Gasteiger partial charge in [0, 0.05) is 11.6 Å². The fourth-order valence-corrected chi connectivity index (χ4v) is 3.42. The van der Waals surface area contributed by atoms with Crippen LogP contribution in [0.15, 0.2) is 32.6 Å². The monoisotopic (exact) mass is 535 g/mol. The summed E-state index contributed by atoms with van der Waals surface area (Å²) in [5, 5.41) is 16.6. The van der Waals surface area contributed by atoms with Crippen molar-refractivity contribution in [2.24, 2.45) is 5.73 Å². The minimum atomic E-state index is -0.940. The minimum Gasteiger partial charge on any atom is -0.441 e. The number of nitrogens with two attached hydrogens (primary N) is 1. The van der Waals surface area contributed by atoms with Crippen molar-refractivity contribution in [3.63, 3.8) is 0 Å². The molecular weight excluding hydrogens is 517 g/mol. The second kappa shape index (κ2) is 10.7. The molecule has 0 radical (unpaired) electrons. The van der Waals surface area contributed by atoms with Gasteiger partial charge in [-0.1, -0.05) is 37.0 Å². The predicted molar refractivity (Wildman–Crippen MR) is 128 cm³/mol. The van der Waals surface area contributed by atoms with Crippen molar-refractivity contribution in [1.82, 2.24) is 24.5 Å². The molecule has 3 N–H and O–H groups in total. The van der Waals surface area contributed by atoms with Crippen LogP contribution in [0.3, 0.4) is 0 Å². The van der Waals surface area contributed by atoms with Crippen LogP contribution in [-0.4, -0.2) is 36.6 Å². The zero-order valence-corrected chi connectivity index (χ0v) is 20.6. The third-order valence-corrected chi connectivity index (χ3v) is 5.23. The van der Waals surface area contributed by atoms with E-state index >= 15 is 0 Å². The molecule has 0 bridgehead atoms. The Morgan fingerprint density at radius 1 is 1.17 bits per heavy atom. The van der Waals surface area contributed by atoms with E-state index in [4.69, 9.17) is 43.7 Å². The molecule has 0 fully saturated rings. The number of hydrogen-bond donors (Lipinski definition) is 2. The van der Waals surface area contributed by atoms with E-state index in [0.717, 1.165) is 9.36 Å². The van der Waals surface area contributed by atoms with Crippen molar-refractivity contribution < 1.29 is 14.3 Å². The van der Waals surface area contributed by atoms with Crippen molar-refractivity contribution in [3.8, 4) is 23.4 Å². The van der Waals surface area contributed by atoms with Gasteiger partial charge in [-0.3, -0.25) is 19.4 Å². The van der Waals surface area contributed by atoms with E-state index in [1.165, 1.54) is 25.1 Å². The van der Waals surface area contributed by atoms with Crippen molar-refractivity contribution in [2.75, 3.05) is 0 Å². The smallest absolute Gasteiger partial charge is 0.349 e. The van der Waals surface area contributed by atoms with Crippen LogP contribution in [0.5, 0.6) is 11.6 Å². The molecule has 13 nitrogen and oxygen atoms in total. The van der Waals surface area contributed by atoms with Gasteiger partial charge >= 0.3 is 11.7 Å². The Kier molecular flexibility index (Phi) is 7.93. The molecule has 0 spiro atoms. The number of halogens is 2. The van der Waals surface area contributed by atoms with E-state index in [1.807, 2.05) is 4.98 Å². The summed E-state index contributed by atoms with van der Waals surface area (Å²) < 4.78 is 12.4. The lowest BCUT2D eigenvalue weighted by atomic mass is 10.1. The van der Waals surface area contributed by atoms with Gasteiger partial charge in [0.1, 0.15) is 12.1 Å². The first-order valence-electron chi connectivity index (χ1n) is 10.3. The van der Waals surface area contributed by atoms with E-state index in [-0.39, 0.29) is 33.3 Å². The highest BCUT2D eigenvalue weighted by molar-refractivity contribution is 6.37. The van der Waals surface area contributed by atoms with Crippen LogP contribution >= 0.6 is 23.2 Å². The number of H-pyrrole nitrogens is 1. The lowest BCUT2D eigenvalue weighted by Crippen LogP contribution is -2.33. The molecule has 0 saturated heterocycles. The molecular formula is C21H19Cl2N7O6. The Morgan fingerprint density at radius 3 is 2.36 bits per heavy atom. The van der Waals surface area contributed by atoms with Crippen molar-refractivity contribution >= 4 is 29.2 Å². The lowest BCUT2D eigenvalue weighted by Gasteiger charge is -2.15. The second-order valence-electron chi connectivity index (χ2n) is 7.75.